The molecule has 0 fully saturated rings. The average Bonchev–Trinajstić information content (AvgIpc) is 3.29. The van der Waals surface area contributed by atoms with Crippen LogP contribution in [0.25, 0.3) is 0 Å². The van der Waals surface area contributed by atoms with Crippen molar-refractivity contribution in [3.8, 4) is 0 Å². The van der Waals surface area contributed by atoms with Crippen molar-refractivity contribution < 1.29 is 14.7 Å². The maximum atomic E-state index is 13.7. The van der Waals surface area contributed by atoms with Crippen molar-refractivity contribution >= 4 is 33.6 Å². The molecule has 2 aromatic heterocycles. The number of aryl methyl sites for hydroxylation is 3. The Labute approximate surface area is 232 Å². The number of nitrogens with zero attached hydrogens (tertiary/aromatic N) is 3. The SMILES string of the molecule is CC(C)(C)c1cc(Br)cc(C(CC(=O)O)N2CCn3cc(CCc4ccc5c(n4)NCCC5)cc3C2=O)c1. The van der Waals surface area contributed by atoms with E-state index in [2.05, 4.69) is 66.4 Å². The van der Waals surface area contributed by atoms with Gasteiger partial charge in [-0.2, -0.15) is 0 Å². The highest BCUT2D eigenvalue weighted by atomic mass is 79.9. The fraction of sp³-hybridized carbons (Fsp3) is 0.433. The van der Waals surface area contributed by atoms with Gasteiger partial charge in [-0.3, -0.25) is 9.59 Å². The number of carboxylic acid groups (broad SMARTS) is 1. The lowest BCUT2D eigenvalue weighted by Crippen LogP contribution is -2.43. The lowest BCUT2D eigenvalue weighted by Gasteiger charge is -2.35. The summed E-state index contributed by atoms with van der Waals surface area (Å²) in [6.07, 6.45) is 5.72. The van der Waals surface area contributed by atoms with Gasteiger partial charge in [0.05, 0.1) is 12.5 Å². The van der Waals surface area contributed by atoms with Gasteiger partial charge in [-0.15, -0.1) is 0 Å². The summed E-state index contributed by atoms with van der Waals surface area (Å²) >= 11 is 3.60. The number of aromatic nitrogens is 2. The van der Waals surface area contributed by atoms with Gasteiger partial charge in [0, 0.05) is 36.0 Å². The summed E-state index contributed by atoms with van der Waals surface area (Å²) in [5.74, 6) is -0.0432. The molecule has 3 aromatic rings. The molecule has 0 saturated carbocycles. The van der Waals surface area contributed by atoms with Crippen LogP contribution in [0.1, 0.15) is 78.1 Å². The number of halogens is 1. The van der Waals surface area contributed by atoms with Crippen LogP contribution in [0.2, 0.25) is 0 Å². The summed E-state index contributed by atoms with van der Waals surface area (Å²) in [4.78, 5) is 32.1. The molecule has 1 unspecified atom stereocenters. The third-order valence-electron chi connectivity index (χ3n) is 7.55. The second-order valence-electron chi connectivity index (χ2n) is 11.4. The number of anilines is 1. The predicted octanol–water partition coefficient (Wildman–Crippen LogP) is 5.76. The van der Waals surface area contributed by atoms with Gasteiger partial charge in [-0.05, 0) is 77.6 Å². The molecule has 0 radical (unpaired) electrons. The van der Waals surface area contributed by atoms with Crippen molar-refractivity contribution in [2.75, 3.05) is 18.4 Å². The number of pyridine rings is 1. The Kier molecular flexibility index (Phi) is 7.36. The zero-order valence-electron chi connectivity index (χ0n) is 22.3. The molecule has 1 aromatic carbocycles. The maximum absolute atomic E-state index is 13.7. The molecule has 2 aliphatic heterocycles. The molecule has 1 amide bonds. The fourth-order valence-corrected chi connectivity index (χ4v) is 5.94. The van der Waals surface area contributed by atoms with E-state index in [1.165, 1.54) is 5.56 Å². The average molecular weight is 580 g/mol. The van der Waals surface area contributed by atoms with E-state index in [1.807, 2.05) is 22.8 Å². The minimum Gasteiger partial charge on any atom is -0.481 e. The molecule has 200 valence electrons. The molecule has 0 spiro atoms. The Hall–Kier alpha value is -3.13. The number of hydrogen-bond acceptors (Lipinski definition) is 4. The minimum atomic E-state index is -0.922. The van der Waals surface area contributed by atoms with Gasteiger partial charge in [-0.25, -0.2) is 4.98 Å². The molecule has 0 aliphatic carbocycles. The molecular formula is C30H35BrN4O3. The summed E-state index contributed by atoms with van der Waals surface area (Å²) in [5.41, 5.74) is 5.86. The van der Waals surface area contributed by atoms with Crippen molar-refractivity contribution in [2.45, 2.75) is 70.9 Å². The molecule has 4 heterocycles. The van der Waals surface area contributed by atoms with E-state index >= 15 is 0 Å². The molecule has 0 saturated heterocycles. The number of carboxylic acids is 1. The van der Waals surface area contributed by atoms with Gasteiger partial charge in [0.2, 0.25) is 0 Å². The number of hydrogen-bond donors (Lipinski definition) is 2. The monoisotopic (exact) mass is 578 g/mol. The predicted molar refractivity (Wildman–Crippen MR) is 152 cm³/mol. The second-order valence-corrected chi connectivity index (χ2v) is 12.3. The molecule has 7 nitrogen and oxygen atoms in total. The molecule has 8 heteroatoms. The summed E-state index contributed by atoms with van der Waals surface area (Å²) in [6, 6.07) is 11.7. The van der Waals surface area contributed by atoms with Crippen LogP contribution in [0.3, 0.4) is 0 Å². The van der Waals surface area contributed by atoms with Crippen LogP contribution in [0.4, 0.5) is 5.82 Å². The van der Waals surface area contributed by atoms with Crippen LogP contribution in [-0.4, -0.2) is 44.5 Å². The highest BCUT2D eigenvalue weighted by Gasteiger charge is 2.33. The van der Waals surface area contributed by atoms with Gasteiger partial charge in [-0.1, -0.05) is 48.8 Å². The normalized spacial score (nSPS) is 16.0. The van der Waals surface area contributed by atoms with Crippen LogP contribution in [0.5, 0.6) is 0 Å². The number of benzene rings is 1. The highest BCUT2D eigenvalue weighted by molar-refractivity contribution is 9.10. The Bertz CT molecular complexity index is 1370. The van der Waals surface area contributed by atoms with E-state index < -0.39 is 12.0 Å². The Balaban J connectivity index is 1.36. The largest absolute Gasteiger partial charge is 0.481 e. The standard InChI is InChI=1S/C30H35BrN4O3/c1-30(2,3)22-14-21(15-23(31)16-22)25(17-27(36)37)35-12-11-34-18-19(13-26(34)29(35)38)6-8-24-9-7-20-5-4-10-32-28(20)33-24/h7,9,13-16,18,25H,4-6,8,10-12,17H2,1-3H3,(H,32,33)(H,36,37). The van der Waals surface area contributed by atoms with Crippen molar-refractivity contribution in [1.82, 2.24) is 14.5 Å². The Morgan fingerprint density at radius 1 is 1.16 bits per heavy atom. The summed E-state index contributed by atoms with van der Waals surface area (Å²) in [7, 11) is 0. The lowest BCUT2D eigenvalue weighted by atomic mass is 9.85. The van der Waals surface area contributed by atoms with E-state index in [1.54, 1.807) is 4.90 Å². The van der Waals surface area contributed by atoms with Gasteiger partial charge in [0.1, 0.15) is 11.5 Å². The highest BCUT2D eigenvalue weighted by Crippen LogP contribution is 2.34. The molecule has 1 atom stereocenters. The van der Waals surface area contributed by atoms with Gasteiger partial charge >= 0.3 is 5.97 Å². The van der Waals surface area contributed by atoms with Crippen LogP contribution < -0.4 is 5.32 Å². The van der Waals surface area contributed by atoms with Crippen molar-refractivity contribution in [2.24, 2.45) is 0 Å². The Morgan fingerprint density at radius 2 is 1.97 bits per heavy atom. The van der Waals surface area contributed by atoms with E-state index in [9.17, 15) is 14.7 Å². The first kappa shape index (κ1) is 26.5. The number of fused-ring (bicyclic) bond motifs is 2. The van der Waals surface area contributed by atoms with Gasteiger partial charge in [0.25, 0.3) is 5.91 Å². The summed E-state index contributed by atoms with van der Waals surface area (Å²) < 4.78 is 2.89. The molecule has 0 bridgehead atoms. The smallest absolute Gasteiger partial charge is 0.305 e. The fourth-order valence-electron chi connectivity index (χ4n) is 5.42. The van der Waals surface area contributed by atoms with Crippen molar-refractivity contribution in [3.63, 3.8) is 0 Å². The topological polar surface area (TPSA) is 87.5 Å². The number of amides is 1. The maximum Gasteiger partial charge on any atom is 0.305 e. The number of nitrogens with one attached hydrogen (secondary N) is 1. The second kappa shape index (κ2) is 10.6. The van der Waals surface area contributed by atoms with Crippen LogP contribution in [-0.2, 0) is 36.0 Å². The van der Waals surface area contributed by atoms with Crippen molar-refractivity contribution in [1.29, 1.82) is 0 Å². The van der Waals surface area contributed by atoms with Gasteiger partial charge in [0.15, 0.2) is 0 Å². The quantitative estimate of drug-likeness (QED) is 0.372. The zero-order chi connectivity index (χ0) is 27.0. The number of carbonyl (C=O) groups is 2. The minimum absolute atomic E-state index is 0.106. The third kappa shape index (κ3) is 5.65. The number of carbonyl (C=O) groups excluding carboxylic acids is 1. The number of rotatable bonds is 7. The van der Waals surface area contributed by atoms with E-state index in [-0.39, 0.29) is 17.7 Å². The number of aliphatic carboxylic acids is 1. The Morgan fingerprint density at radius 3 is 2.74 bits per heavy atom. The van der Waals surface area contributed by atoms with E-state index in [0.29, 0.717) is 18.8 Å². The molecule has 2 aliphatic rings. The van der Waals surface area contributed by atoms with Crippen molar-refractivity contribution in [3.05, 3.63) is 80.7 Å². The van der Waals surface area contributed by atoms with E-state index in [4.69, 9.17) is 4.98 Å². The molecular weight excluding hydrogens is 544 g/mol. The third-order valence-corrected chi connectivity index (χ3v) is 8.01. The summed E-state index contributed by atoms with van der Waals surface area (Å²) in [6.45, 7) is 8.45. The molecule has 5 rings (SSSR count). The first-order chi connectivity index (χ1) is 18.1. The van der Waals surface area contributed by atoms with Crippen LogP contribution in [0.15, 0.2) is 47.1 Å². The molecule has 38 heavy (non-hydrogen) atoms. The van der Waals surface area contributed by atoms with Crippen LogP contribution in [0, 0.1) is 0 Å². The first-order valence-electron chi connectivity index (χ1n) is 13.3. The molecule has 2 N–H and O–H groups in total. The first-order valence-corrected chi connectivity index (χ1v) is 14.1. The van der Waals surface area contributed by atoms with Gasteiger partial charge < -0.3 is 19.9 Å². The van der Waals surface area contributed by atoms with E-state index in [0.717, 1.165) is 64.9 Å². The van der Waals surface area contributed by atoms with Crippen LogP contribution >= 0.6 is 15.9 Å². The summed E-state index contributed by atoms with van der Waals surface area (Å²) in [5, 5.41) is 13.1. The zero-order valence-corrected chi connectivity index (χ0v) is 23.8. The lowest BCUT2D eigenvalue weighted by molar-refractivity contribution is -0.138.